The maximum absolute atomic E-state index is 6.60. The number of hydrogen-bond donors (Lipinski definition) is 0. The first-order valence-corrected chi connectivity index (χ1v) is 22.0. The van der Waals surface area contributed by atoms with Crippen LogP contribution in [0.1, 0.15) is 43.4 Å². The molecule has 10 aromatic rings. The van der Waals surface area contributed by atoms with Crippen molar-refractivity contribution >= 4 is 49.7 Å². The molecule has 0 fully saturated rings. The monoisotopic (exact) mass is 805 g/mol. The van der Waals surface area contributed by atoms with Crippen molar-refractivity contribution in [1.82, 2.24) is 0 Å². The number of anilines is 2. The molecule has 2 nitrogen and oxygen atoms in total. The largest absolute Gasteiger partial charge is 0.455 e. The van der Waals surface area contributed by atoms with Crippen LogP contribution in [0.4, 0.5) is 11.4 Å². The highest BCUT2D eigenvalue weighted by Gasteiger charge is 2.37. The Balaban J connectivity index is 0.979. The van der Waals surface area contributed by atoms with Gasteiger partial charge in [0.1, 0.15) is 5.58 Å². The Hall–Kier alpha value is -7.86. The Morgan fingerprint density at radius 2 is 1.21 bits per heavy atom. The van der Waals surface area contributed by atoms with Crippen LogP contribution in [0.3, 0.4) is 0 Å². The van der Waals surface area contributed by atoms with Gasteiger partial charge >= 0.3 is 0 Å². The van der Waals surface area contributed by atoms with E-state index >= 15 is 0 Å². The molecule has 0 aliphatic heterocycles. The van der Waals surface area contributed by atoms with E-state index < -0.39 is 0 Å². The molecule has 0 unspecified atom stereocenters. The van der Waals surface area contributed by atoms with E-state index in [0.29, 0.717) is 0 Å². The van der Waals surface area contributed by atoms with Crippen molar-refractivity contribution in [3.05, 3.63) is 235 Å². The molecule has 2 aliphatic rings. The highest BCUT2D eigenvalue weighted by molar-refractivity contribution is 6.10. The maximum Gasteiger partial charge on any atom is 0.152 e. The molecule has 0 bridgehead atoms. The van der Waals surface area contributed by atoms with Gasteiger partial charge in [0.2, 0.25) is 0 Å². The molecule has 0 atom stereocenters. The van der Waals surface area contributed by atoms with Crippen LogP contribution in [0.5, 0.6) is 0 Å². The molecule has 1 heterocycles. The van der Waals surface area contributed by atoms with Crippen LogP contribution in [0.2, 0.25) is 0 Å². The molecule has 1 aromatic heterocycles. The lowest BCUT2D eigenvalue weighted by Gasteiger charge is -2.32. The van der Waals surface area contributed by atoms with E-state index in [-0.39, 0.29) is 5.41 Å². The summed E-state index contributed by atoms with van der Waals surface area (Å²) in [6.45, 7) is 4.76. The van der Waals surface area contributed by atoms with Gasteiger partial charge < -0.3 is 9.32 Å². The highest BCUT2D eigenvalue weighted by atomic mass is 16.3. The lowest BCUT2D eigenvalue weighted by atomic mass is 9.77. The lowest BCUT2D eigenvalue weighted by molar-refractivity contribution is 0.657. The van der Waals surface area contributed by atoms with Crippen LogP contribution in [0.25, 0.3) is 82.8 Å². The highest BCUT2D eigenvalue weighted by Crippen LogP contribution is 2.52. The van der Waals surface area contributed by atoms with Gasteiger partial charge in [-0.3, -0.25) is 0 Å². The van der Waals surface area contributed by atoms with E-state index in [2.05, 4.69) is 213 Å². The van der Waals surface area contributed by atoms with Gasteiger partial charge in [-0.1, -0.05) is 184 Å². The summed E-state index contributed by atoms with van der Waals surface area (Å²) in [6, 6.07) is 74.8. The van der Waals surface area contributed by atoms with Gasteiger partial charge in [0.05, 0.1) is 11.3 Å². The summed E-state index contributed by atoms with van der Waals surface area (Å²) >= 11 is 0. The predicted molar refractivity (Wildman–Crippen MR) is 263 cm³/mol. The topological polar surface area (TPSA) is 16.4 Å². The number of rotatable bonds is 7. The second kappa shape index (κ2) is 14.7. The smallest absolute Gasteiger partial charge is 0.152 e. The van der Waals surface area contributed by atoms with Crippen molar-refractivity contribution in [2.24, 2.45) is 0 Å². The minimum atomic E-state index is -0.0837. The van der Waals surface area contributed by atoms with Crippen LogP contribution in [0.15, 0.2) is 210 Å². The van der Waals surface area contributed by atoms with E-state index in [1.807, 2.05) is 18.2 Å². The van der Waals surface area contributed by atoms with Gasteiger partial charge in [0.15, 0.2) is 5.58 Å². The minimum Gasteiger partial charge on any atom is -0.455 e. The van der Waals surface area contributed by atoms with Gasteiger partial charge in [-0.05, 0) is 116 Å². The minimum absolute atomic E-state index is 0.0837. The van der Waals surface area contributed by atoms with Crippen molar-refractivity contribution in [3.63, 3.8) is 0 Å². The second-order valence-electron chi connectivity index (χ2n) is 17.4. The molecule has 0 N–H and O–H groups in total. The van der Waals surface area contributed by atoms with Crippen LogP contribution in [-0.2, 0) is 5.41 Å². The first kappa shape index (κ1) is 36.9. The van der Waals surface area contributed by atoms with Gasteiger partial charge in [-0.15, -0.1) is 0 Å². The number of hydrogen-bond acceptors (Lipinski definition) is 2. The Bertz CT molecular complexity index is 3480. The molecule has 9 aromatic carbocycles. The van der Waals surface area contributed by atoms with Crippen molar-refractivity contribution in [2.75, 3.05) is 4.90 Å². The number of benzene rings is 8. The molecule has 63 heavy (non-hydrogen) atoms. The average molecular weight is 806 g/mol. The fraction of sp³-hybridized carbons (Fsp3) is 0.0820. The maximum atomic E-state index is 6.60. The number of allylic oxidation sites excluding steroid dienone is 4. The third-order valence-corrected chi connectivity index (χ3v) is 13.5. The number of nitrogens with zero attached hydrogens (tertiary/aromatic N) is 1. The zero-order valence-corrected chi connectivity index (χ0v) is 35.3. The molecule has 298 valence electrons. The molecule has 0 saturated carbocycles. The van der Waals surface area contributed by atoms with Gasteiger partial charge in [0.25, 0.3) is 0 Å². The standard InChI is InChI=1S/C61H43NO/c1-61(2)56-28-8-5-20-50(56)53-25-13-24-49(59(53)61)42-33-37-46(38-34-42)62(57-29-9-6-21-51(57)54-26-14-27-55-52-22-7-10-30-58(52)63-60(54)55)45-35-31-40(32-36-45)43-17-11-18-44(39-43)48-23-12-16-41-15-3-4-19-47(41)48/h3-13,15-25,27-33,35-37,39H,34,38H2,1-2H3. The molecule has 0 radical (unpaired) electrons. The summed E-state index contributed by atoms with van der Waals surface area (Å²) in [4.78, 5) is 2.45. The summed E-state index contributed by atoms with van der Waals surface area (Å²) in [5.41, 5.74) is 20.0. The SMILES string of the molecule is CC1(C)c2ccccc2-c2cccc(C3=CC=C(N(c4ccc(-c5cccc(-c6cccc7ccccc67)c5)cc4)c4ccccc4-c4c#ccc5c4oc4ccccc45)CC3)c21. The van der Waals surface area contributed by atoms with Gasteiger partial charge in [-0.2, -0.15) is 0 Å². The van der Waals surface area contributed by atoms with E-state index in [1.54, 1.807) is 0 Å². The fourth-order valence-corrected chi connectivity index (χ4v) is 10.5. The Labute approximate surface area is 368 Å². The molecule has 2 aliphatic carbocycles. The van der Waals surface area contributed by atoms with Crippen LogP contribution < -0.4 is 4.90 Å². The molecule has 2 heteroatoms. The zero-order chi connectivity index (χ0) is 42.1. The lowest BCUT2D eigenvalue weighted by Crippen LogP contribution is -2.20. The fourth-order valence-electron chi connectivity index (χ4n) is 10.5. The normalized spacial score (nSPS) is 13.9. The van der Waals surface area contributed by atoms with Crippen LogP contribution in [-0.4, -0.2) is 0 Å². The average Bonchev–Trinajstić information content (AvgIpc) is 3.84. The molecule has 0 spiro atoms. The zero-order valence-electron chi connectivity index (χ0n) is 35.3. The number of furan rings is 1. The van der Waals surface area contributed by atoms with Crippen molar-refractivity contribution in [3.8, 4) is 44.5 Å². The summed E-state index contributed by atoms with van der Waals surface area (Å²) < 4.78 is 6.60. The first-order chi connectivity index (χ1) is 31.0. The van der Waals surface area contributed by atoms with Gasteiger partial charge in [0, 0.05) is 39.2 Å². The van der Waals surface area contributed by atoms with Crippen LogP contribution >= 0.6 is 0 Å². The van der Waals surface area contributed by atoms with E-state index in [1.165, 1.54) is 72.1 Å². The van der Waals surface area contributed by atoms with Gasteiger partial charge in [-0.25, -0.2) is 0 Å². The summed E-state index contributed by atoms with van der Waals surface area (Å²) in [7, 11) is 0. The Morgan fingerprint density at radius 1 is 0.524 bits per heavy atom. The Morgan fingerprint density at radius 3 is 2.08 bits per heavy atom. The summed E-state index contributed by atoms with van der Waals surface area (Å²) in [5.74, 6) is 0. The van der Waals surface area contributed by atoms with Crippen molar-refractivity contribution < 1.29 is 4.42 Å². The first-order valence-electron chi connectivity index (χ1n) is 22.0. The molecule has 0 saturated heterocycles. The quantitative estimate of drug-likeness (QED) is 0.160. The van der Waals surface area contributed by atoms with Crippen molar-refractivity contribution in [1.29, 1.82) is 0 Å². The Kier molecular flexibility index (Phi) is 8.59. The number of fused-ring (bicyclic) bond motifs is 7. The molecular weight excluding hydrogens is 763 g/mol. The summed E-state index contributed by atoms with van der Waals surface area (Å²) in [6.07, 6.45) is 6.52. The second-order valence-corrected chi connectivity index (χ2v) is 17.4. The third kappa shape index (κ3) is 6.04. The van der Waals surface area contributed by atoms with E-state index in [4.69, 9.17) is 4.42 Å². The molecule has 0 amide bonds. The third-order valence-electron chi connectivity index (χ3n) is 13.5. The van der Waals surface area contributed by atoms with Crippen LogP contribution in [0, 0.1) is 12.1 Å². The number of para-hydroxylation sites is 2. The van der Waals surface area contributed by atoms with E-state index in [9.17, 15) is 0 Å². The molecular formula is C61H43NO. The van der Waals surface area contributed by atoms with Crippen molar-refractivity contribution in [2.45, 2.75) is 32.1 Å². The van der Waals surface area contributed by atoms with E-state index in [0.717, 1.165) is 57.3 Å². The summed E-state index contributed by atoms with van der Waals surface area (Å²) in [5, 5.41) is 4.64. The molecule has 12 rings (SSSR count). The predicted octanol–water partition coefficient (Wildman–Crippen LogP) is 16.5.